The molecule has 0 aromatic rings. The van der Waals surface area contributed by atoms with Crippen molar-refractivity contribution in [2.45, 2.75) is 0 Å². The number of hydrogen-bond donors (Lipinski definition) is 0. The summed E-state index contributed by atoms with van der Waals surface area (Å²) in [6.07, 6.45) is 0. The molecular formula is H10AlKO3. The molecule has 3 nitrogen and oxygen atoms in total. The second-order valence-electron chi connectivity index (χ2n) is 0. The molecular weight excluding hydrogens is 114 g/mol. The predicted molar refractivity (Wildman–Crippen MR) is 27.9 cm³/mol. The Kier molecular flexibility index (Phi) is 451. The van der Waals surface area contributed by atoms with Gasteiger partial charge in [0.05, 0.1) is 0 Å². The Hall–Kier alpha value is 2.05. The van der Waals surface area contributed by atoms with E-state index in [1.54, 1.807) is 0 Å². The minimum atomic E-state index is 0. The molecule has 0 fully saturated rings. The first kappa shape index (κ1) is 61.4. The zero-order valence-electron chi connectivity index (χ0n) is 1.50. The van der Waals surface area contributed by atoms with Crippen molar-refractivity contribution in [3.63, 3.8) is 0 Å². The zero-order valence-corrected chi connectivity index (χ0v) is 1.50. The fourth-order valence-corrected chi connectivity index (χ4v) is 0. The molecule has 0 aliphatic carbocycles. The van der Waals surface area contributed by atoms with Crippen LogP contribution in [0.2, 0.25) is 0 Å². The van der Waals surface area contributed by atoms with Crippen LogP contribution in [0.5, 0.6) is 0 Å². The van der Waals surface area contributed by atoms with Crippen molar-refractivity contribution in [3.8, 4) is 0 Å². The molecule has 0 radical (unpaired) electrons. The Bertz CT molecular complexity index is 6.85. The molecule has 0 aromatic carbocycles. The molecule has 0 unspecified atom stereocenters. The summed E-state index contributed by atoms with van der Waals surface area (Å²) in [7, 11) is 0. The van der Waals surface area contributed by atoms with Gasteiger partial charge in [0, 0.05) is 0 Å². The molecule has 0 spiro atoms. The molecule has 32 valence electrons. The Morgan fingerprint density at radius 2 is 0.600 bits per heavy atom. The molecule has 0 bridgehead atoms. The van der Waals surface area contributed by atoms with Crippen molar-refractivity contribution in [2.75, 3.05) is 0 Å². The van der Waals surface area contributed by atoms with Gasteiger partial charge in [-0.1, -0.05) is 0 Å². The summed E-state index contributed by atoms with van der Waals surface area (Å²) < 4.78 is 0. The van der Waals surface area contributed by atoms with E-state index in [0.29, 0.717) is 0 Å². The SMILES string of the molecule is O.O.O.[AlH3].[KH]. The second kappa shape index (κ2) is 36.7. The van der Waals surface area contributed by atoms with E-state index in [0.717, 1.165) is 0 Å². The summed E-state index contributed by atoms with van der Waals surface area (Å²) >= 11 is 0. The van der Waals surface area contributed by atoms with Crippen molar-refractivity contribution < 1.29 is 16.4 Å². The van der Waals surface area contributed by atoms with Crippen molar-refractivity contribution in [3.05, 3.63) is 0 Å². The van der Waals surface area contributed by atoms with Crippen molar-refractivity contribution in [2.24, 2.45) is 0 Å². The molecule has 0 aliphatic heterocycles. The molecule has 0 saturated carbocycles. The summed E-state index contributed by atoms with van der Waals surface area (Å²) in [5.41, 5.74) is 0. The first-order chi connectivity index (χ1) is 0. The molecule has 5 heavy (non-hydrogen) atoms. The maximum atomic E-state index is 0. The first-order valence-electron chi connectivity index (χ1n) is 0. The van der Waals surface area contributed by atoms with Gasteiger partial charge in [0.1, 0.15) is 0 Å². The Balaban J connectivity index is 0. The topological polar surface area (TPSA) is 94.5 Å². The van der Waals surface area contributed by atoms with Crippen LogP contribution in [0.15, 0.2) is 0 Å². The van der Waals surface area contributed by atoms with Crippen LogP contribution in [-0.2, 0) is 0 Å². The summed E-state index contributed by atoms with van der Waals surface area (Å²) in [5.74, 6) is 0. The van der Waals surface area contributed by atoms with Crippen LogP contribution in [0.1, 0.15) is 0 Å². The van der Waals surface area contributed by atoms with Gasteiger partial charge in [-0.3, -0.25) is 0 Å². The van der Waals surface area contributed by atoms with E-state index in [2.05, 4.69) is 0 Å². The summed E-state index contributed by atoms with van der Waals surface area (Å²) in [6, 6.07) is 0. The van der Waals surface area contributed by atoms with Gasteiger partial charge in [0.2, 0.25) is 0 Å². The van der Waals surface area contributed by atoms with E-state index in [-0.39, 0.29) is 85.2 Å². The Morgan fingerprint density at radius 3 is 0.600 bits per heavy atom. The Morgan fingerprint density at radius 1 is 0.600 bits per heavy atom. The van der Waals surface area contributed by atoms with Gasteiger partial charge in [0.25, 0.3) is 0 Å². The van der Waals surface area contributed by atoms with Crippen molar-refractivity contribution >= 4 is 68.7 Å². The predicted octanol–water partition coefficient (Wildman–Crippen LogP) is -4.31. The molecule has 0 saturated heterocycles. The van der Waals surface area contributed by atoms with E-state index < -0.39 is 0 Å². The normalized spacial score (nSPS) is 0. The molecule has 0 amide bonds. The van der Waals surface area contributed by atoms with Gasteiger partial charge in [-0.15, -0.1) is 0 Å². The number of rotatable bonds is 0. The van der Waals surface area contributed by atoms with E-state index in [4.69, 9.17) is 0 Å². The van der Waals surface area contributed by atoms with Crippen molar-refractivity contribution in [1.82, 2.24) is 0 Å². The van der Waals surface area contributed by atoms with Gasteiger partial charge in [-0.05, 0) is 0 Å². The summed E-state index contributed by atoms with van der Waals surface area (Å²) in [5, 5.41) is 0. The molecule has 0 aliphatic rings. The average Bonchev–Trinajstić information content (AvgIpc) is 0. The average molecular weight is 124 g/mol. The molecule has 0 aromatic heterocycles. The fraction of sp³-hybridized carbons (Fsp3) is 0. The molecule has 0 heterocycles. The Labute approximate surface area is 83.6 Å². The summed E-state index contributed by atoms with van der Waals surface area (Å²) in [4.78, 5) is 0. The zero-order chi connectivity index (χ0) is 0. The second-order valence-corrected chi connectivity index (χ2v) is 0. The van der Waals surface area contributed by atoms with E-state index >= 15 is 0 Å². The molecule has 5 heteroatoms. The van der Waals surface area contributed by atoms with Crippen LogP contribution >= 0.6 is 0 Å². The van der Waals surface area contributed by atoms with Crippen LogP contribution in [-0.4, -0.2) is 85.2 Å². The third-order valence-electron chi connectivity index (χ3n) is 0. The van der Waals surface area contributed by atoms with Gasteiger partial charge >= 0.3 is 51.4 Å². The maximum absolute atomic E-state index is 0. The third-order valence-corrected chi connectivity index (χ3v) is 0. The van der Waals surface area contributed by atoms with E-state index in [1.165, 1.54) is 0 Å². The first-order valence-corrected chi connectivity index (χ1v) is 0. The van der Waals surface area contributed by atoms with Gasteiger partial charge in [-0.25, -0.2) is 0 Å². The number of hydrogen-bond acceptors (Lipinski definition) is 0. The van der Waals surface area contributed by atoms with Gasteiger partial charge in [-0.2, -0.15) is 0 Å². The van der Waals surface area contributed by atoms with Crippen LogP contribution < -0.4 is 0 Å². The molecule has 0 atom stereocenters. The standard InChI is InChI=1S/Al.K.3H2O.4H/h;;3*1H2;;;;. The van der Waals surface area contributed by atoms with Gasteiger partial charge < -0.3 is 16.4 Å². The minimum absolute atomic E-state index is 0. The summed E-state index contributed by atoms with van der Waals surface area (Å²) in [6.45, 7) is 0. The third kappa shape index (κ3) is 23.6. The van der Waals surface area contributed by atoms with E-state index in [1.807, 2.05) is 0 Å². The van der Waals surface area contributed by atoms with E-state index in [9.17, 15) is 0 Å². The van der Waals surface area contributed by atoms with Crippen LogP contribution in [0.3, 0.4) is 0 Å². The van der Waals surface area contributed by atoms with Crippen LogP contribution in [0, 0.1) is 0 Å². The van der Waals surface area contributed by atoms with Crippen molar-refractivity contribution in [1.29, 1.82) is 0 Å². The fourth-order valence-electron chi connectivity index (χ4n) is 0. The molecule has 0 rings (SSSR count). The van der Waals surface area contributed by atoms with Crippen LogP contribution in [0.25, 0.3) is 0 Å². The van der Waals surface area contributed by atoms with Gasteiger partial charge in [0.15, 0.2) is 17.4 Å². The molecule has 6 N–H and O–H groups in total. The quantitative estimate of drug-likeness (QED) is 0.292. The monoisotopic (exact) mass is 124 g/mol. The van der Waals surface area contributed by atoms with Crippen LogP contribution in [0.4, 0.5) is 0 Å².